The average Bonchev–Trinajstić information content (AvgIpc) is 3.15. The molecule has 0 saturated carbocycles. The van der Waals surface area contributed by atoms with E-state index in [1.54, 1.807) is 18.2 Å². The van der Waals surface area contributed by atoms with Gasteiger partial charge in [0, 0.05) is 6.08 Å². The second kappa shape index (κ2) is 7.05. The lowest BCUT2D eigenvalue weighted by atomic mass is 10.2. The quantitative estimate of drug-likeness (QED) is 0.689. The third kappa shape index (κ3) is 4.15. The number of sulfonamides is 1. The second-order valence-corrected chi connectivity index (χ2v) is 6.65. The molecule has 0 atom stereocenters. The summed E-state index contributed by atoms with van der Waals surface area (Å²) >= 11 is 0. The summed E-state index contributed by atoms with van der Waals surface area (Å²) in [7, 11) is -4.01. The van der Waals surface area contributed by atoms with E-state index in [9.17, 15) is 13.2 Å². The van der Waals surface area contributed by atoms with Gasteiger partial charge in [-0.05, 0) is 40.3 Å². The van der Waals surface area contributed by atoms with Gasteiger partial charge in [-0.2, -0.15) is 0 Å². The summed E-state index contributed by atoms with van der Waals surface area (Å²) in [5.41, 5.74) is 1.25. The predicted molar refractivity (Wildman–Crippen MR) is 90.0 cm³/mol. The topological polar surface area (TPSA) is 107 Å². The molecule has 0 unspecified atom stereocenters. The zero-order valence-corrected chi connectivity index (χ0v) is 13.7. The molecule has 0 fully saturated rings. The molecule has 3 aromatic rings. The first-order chi connectivity index (χ1) is 12.0. The van der Waals surface area contributed by atoms with Crippen LogP contribution in [0.1, 0.15) is 5.56 Å². The van der Waals surface area contributed by atoms with Gasteiger partial charge >= 0.3 is 0 Å². The van der Waals surface area contributed by atoms with E-state index in [-0.39, 0.29) is 4.90 Å². The number of nitrogens with one attached hydrogen (secondary N) is 1. The number of hydrogen-bond donors (Lipinski definition) is 1. The van der Waals surface area contributed by atoms with Gasteiger partial charge in [-0.3, -0.25) is 4.79 Å². The fraction of sp³-hybridized carbons (Fsp3) is 0. The Balaban J connectivity index is 1.77. The van der Waals surface area contributed by atoms with E-state index in [4.69, 9.17) is 0 Å². The van der Waals surface area contributed by atoms with E-state index in [0.29, 0.717) is 5.69 Å². The number of aromatic nitrogens is 4. The fourth-order valence-corrected chi connectivity index (χ4v) is 3.02. The van der Waals surface area contributed by atoms with Crippen molar-refractivity contribution in [1.82, 2.24) is 24.9 Å². The maximum atomic E-state index is 12.3. The van der Waals surface area contributed by atoms with E-state index < -0.39 is 15.9 Å². The summed E-state index contributed by atoms with van der Waals surface area (Å²) < 4.78 is 28.0. The van der Waals surface area contributed by atoms with E-state index in [2.05, 4.69) is 15.5 Å². The minimum absolute atomic E-state index is 0.0676. The van der Waals surface area contributed by atoms with Crippen molar-refractivity contribution in [2.24, 2.45) is 0 Å². The van der Waals surface area contributed by atoms with E-state index in [0.717, 1.165) is 11.6 Å². The van der Waals surface area contributed by atoms with Crippen molar-refractivity contribution >= 4 is 22.0 Å². The van der Waals surface area contributed by atoms with Crippen LogP contribution < -0.4 is 4.72 Å². The molecule has 3 rings (SSSR count). The molecule has 1 amide bonds. The number of nitrogens with zero attached hydrogens (tertiary/aromatic N) is 4. The molecule has 1 aromatic heterocycles. The second-order valence-electron chi connectivity index (χ2n) is 4.97. The van der Waals surface area contributed by atoms with Crippen LogP contribution in [-0.2, 0) is 14.8 Å². The number of tetrazole rings is 1. The van der Waals surface area contributed by atoms with Crippen molar-refractivity contribution in [3.05, 3.63) is 72.6 Å². The summed E-state index contributed by atoms with van der Waals surface area (Å²) in [6.45, 7) is 0. The largest absolute Gasteiger partial charge is 0.269 e. The third-order valence-corrected chi connectivity index (χ3v) is 4.55. The van der Waals surface area contributed by atoms with Crippen molar-refractivity contribution in [2.45, 2.75) is 4.90 Å². The van der Waals surface area contributed by atoms with E-state index in [1.807, 2.05) is 22.9 Å². The molecular weight excluding hydrogens is 342 g/mol. The Morgan fingerprint density at radius 2 is 1.88 bits per heavy atom. The number of carbonyl (C=O) groups excluding carboxylic acids is 1. The highest BCUT2D eigenvalue weighted by Crippen LogP contribution is 2.14. The van der Waals surface area contributed by atoms with Crippen LogP contribution in [0.2, 0.25) is 0 Å². The normalized spacial score (nSPS) is 11.5. The van der Waals surface area contributed by atoms with Crippen molar-refractivity contribution < 1.29 is 13.2 Å². The molecule has 0 radical (unpaired) electrons. The Kier molecular flexibility index (Phi) is 4.66. The van der Waals surface area contributed by atoms with Gasteiger partial charge in [0.1, 0.15) is 6.33 Å². The van der Waals surface area contributed by atoms with Gasteiger partial charge in [-0.15, -0.1) is 5.10 Å². The molecule has 0 saturated heterocycles. The molecule has 0 aliphatic carbocycles. The van der Waals surface area contributed by atoms with Gasteiger partial charge < -0.3 is 0 Å². The molecule has 0 aliphatic rings. The van der Waals surface area contributed by atoms with Crippen LogP contribution in [0.5, 0.6) is 0 Å². The average molecular weight is 355 g/mol. The lowest BCUT2D eigenvalue weighted by Gasteiger charge is -2.06. The van der Waals surface area contributed by atoms with E-state index in [1.165, 1.54) is 35.3 Å². The minimum atomic E-state index is -4.01. The molecule has 0 bridgehead atoms. The van der Waals surface area contributed by atoms with Crippen LogP contribution >= 0.6 is 0 Å². The van der Waals surface area contributed by atoms with Gasteiger partial charge in [-0.1, -0.05) is 36.4 Å². The van der Waals surface area contributed by atoms with Crippen LogP contribution in [0, 0.1) is 0 Å². The summed E-state index contributed by atoms with van der Waals surface area (Å²) in [5, 5.41) is 10.7. The standard InChI is InChI=1S/C16H13N5O3S/c22-16(10-9-13-5-2-1-3-6-13)18-25(23,24)15-8-4-7-14(11-15)21-12-17-19-20-21/h1-12H,(H,18,22)/b10-9+. The summed E-state index contributed by atoms with van der Waals surface area (Å²) in [6.07, 6.45) is 4.04. The molecule has 8 nitrogen and oxygen atoms in total. The molecule has 9 heteroatoms. The number of rotatable bonds is 5. The summed E-state index contributed by atoms with van der Waals surface area (Å²) in [5.74, 6) is -0.739. The number of benzene rings is 2. The monoisotopic (exact) mass is 355 g/mol. The Bertz CT molecular complexity index is 999. The van der Waals surface area contributed by atoms with E-state index >= 15 is 0 Å². The van der Waals surface area contributed by atoms with Gasteiger partial charge in [0.2, 0.25) is 0 Å². The third-order valence-electron chi connectivity index (χ3n) is 3.20. The Hall–Kier alpha value is -3.33. The summed E-state index contributed by atoms with van der Waals surface area (Å²) in [6, 6.07) is 15.0. The first-order valence-electron chi connectivity index (χ1n) is 7.18. The molecular formula is C16H13N5O3S. The van der Waals surface area contributed by atoms with Gasteiger partial charge in [0.15, 0.2) is 0 Å². The molecule has 0 aliphatic heterocycles. The van der Waals surface area contributed by atoms with Crippen LogP contribution in [0.15, 0.2) is 71.9 Å². The Labute approximate surface area is 143 Å². The highest BCUT2D eigenvalue weighted by atomic mass is 32.2. The van der Waals surface area contributed by atoms with Crippen molar-refractivity contribution in [1.29, 1.82) is 0 Å². The highest BCUT2D eigenvalue weighted by Gasteiger charge is 2.17. The highest BCUT2D eigenvalue weighted by molar-refractivity contribution is 7.90. The van der Waals surface area contributed by atoms with Crippen molar-refractivity contribution in [2.75, 3.05) is 0 Å². The number of amides is 1. The molecule has 126 valence electrons. The Morgan fingerprint density at radius 3 is 2.60 bits per heavy atom. The van der Waals surface area contributed by atoms with Gasteiger partial charge in [0.05, 0.1) is 10.6 Å². The molecule has 25 heavy (non-hydrogen) atoms. The van der Waals surface area contributed by atoms with Crippen LogP contribution in [0.4, 0.5) is 0 Å². The molecule has 0 spiro atoms. The Morgan fingerprint density at radius 1 is 1.08 bits per heavy atom. The first-order valence-corrected chi connectivity index (χ1v) is 8.66. The van der Waals surface area contributed by atoms with Crippen LogP contribution in [0.25, 0.3) is 11.8 Å². The fourth-order valence-electron chi connectivity index (χ4n) is 2.03. The lowest BCUT2D eigenvalue weighted by molar-refractivity contribution is -0.114. The molecule has 1 N–H and O–H groups in total. The maximum Gasteiger partial charge on any atom is 0.264 e. The number of carbonyl (C=O) groups is 1. The van der Waals surface area contributed by atoms with Gasteiger partial charge in [-0.25, -0.2) is 17.8 Å². The summed E-state index contributed by atoms with van der Waals surface area (Å²) in [4.78, 5) is 11.8. The first kappa shape index (κ1) is 16.5. The molecule has 2 aromatic carbocycles. The zero-order valence-electron chi connectivity index (χ0n) is 12.9. The van der Waals surface area contributed by atoms with Crippen molar-refractivity contribution in [3.8, 4) is 5.69 Å². The zero-order chi connectivity index (χ0) is 17.7. The number of hydrogen-bond acceptors (Lipinski definition) is 6. The predicted octanol–water partition coefficient (Wildman–Crippen LogP) is 1.18. The van der Waals surface area contributed by atoms with Crippen molar-refractivity contribution in [3.63, 3.8) is 0 Å². The molecule has 1 heterocycles. The van der Waals surface area contributed by atoms with Crippen LogP contribution in [0.3, 0.4) is 0 Å². The maximum absolute atomic E-state index is 12.3. The van der Waals surface area contributed by atoms with Gasteiger partial charge in [0.25, 0.3) is 15.9 Å². The SMILES string of the molecule is O=C(/C=C/c1ccccc1)NS(=O)(=O)c1cccc(-n2cnnn2)c1. The van der Waals surface area contributed by atoms with Crippen LogP contribution in [-0.4, -0.2) is 34.5 Å². The smallest absolute Gasteiger partial charge is 0.264 e. The minimum Gasteiger partial charge on any atom is -0.269 e. The lowest BCUT2D eigenvalue weighted by Crippen LogP contribution is -2.29.